The first-order valence-corrected chi connectivity index (χ1v) is 5.07. The Kier molecular flexibility index (Phi) is 2.50. The van der Waals surface area contributed by atoms with Crippen LogP contribution in [0.1, 0.15) is 24.2 Å². The van der Waals surface area contributed by atoms with Crippen LogP contribution in [-0.4, -0.2) is 21.7 Å². The maximum Gasteiger partial charge on any atom is 0.251 e. The Labute approximate surface area is 87.5 Å². The second kappa shape index (κ2) is 3.56. The van der Waals surface area contributed by atoms with Crippen LogP contribution in [0.15, 0.2) is 6.07 Å². The van der Waals surface area contributed by atoms with E-state index in [1.54, 1.807) is 4.68 Å². The van der Waals surface area contributed by atoms with E-state index in [-0.39, 0.29) is 18.9 Å². The van der Waals surface area contributed by atoms with E-state index in [9.17, 15) is 8.78 Å². The molecule has 5 heteroatoms. The molecule has 0 radical (unpaired) electrons. The number of aromatic nitrogens is 2. The lowest BCUT2D eigenvalue weighted by atomic mass is 9.88. The molecule has 0 aromatic carbocycles. The molecule has 0 aliphatic heterocycles. The number of halogens is 2. The van der Waals surface area contributed by atoms with Crippen LogP contribution in [0.25, 0.3) is 0 Å². The maximum absolute atomic E-state index is 12.5. The SMILES string of the molecule is Cc1cc(CNC2CC(F)(F)C2)n(C)n1. The maximum atomic E-state index is 12.5. The molecule has 0 saturated heterocycles. The van der Waals surface area contributed by atoms with Crippen molar-refractivity contribution in [1.29, 1.82) is 0 Å². The third-order valence-electron chi connectivity index (χ3n) is 2.76. The lowest BCUT2D eigenvalue weighted by Crippen LogP contribution is -2.48. The molecule has 1 heterocycles. The van der Waals surface area contributed by atoms with Crippen molar-refractivity contribution in [3.8, 4) is 0 Å². The normalized spacial score (nSPS) is 20.3. The fourth-order valence-corrected chi connectivity index (χ4v) is 1.88. The van der Waals surface area contributed by atoms with Crippen molar-refractivity contribution in [2.45, 2.75) is 38.3 Å². The summed E-state index contributed by atoms with van der Waals surface area (Å²) in [6, 6.07) is 1.92. The Morgan fingerprint density at radius 3 is 2.73 bits per heavy atom. The minimum Gasteiger partial charge on any atom is -0.308 e. The van der Waals surface area contributed by atoms with Crippen LogP contribution >= 0.6 is 0 Å². The Balaban J connectivity index is 1.82. The topological polar surface area (TPSA) is 29.9 Å². The lowest BCUT2D eigenvalue weighted by Gasteiger charge is -2.35. The van der Waals surface area contributed by atoms with Gasteiger partial charge in [-0.1, -0.05) is 0 Å². The van der Waals surface area contributed by atoms with Gasteiger partial charge in [0.15, 0.2) is 0 Å². The average molecular weight is 215 g/mol. The van der Waals surface area contributed by atoms with Gasteiger partial charge in [0.05, 0.1) is 11.4 Å². The molecular weight excluding hydrogens is 200 g/mol. The van der Waals surface area contributed by atoms with E-state index in [4.69, 9.17) is 0 Å². The summed E-state index contributed by atoms with van der Waals surface area (Å²) < 4.78 is 26.9. The van der Waals surface area contributed by atoms with Gasteiger partial charge in [0.1, 0.15) is 0 Å². The standard InChI is InChI=1S/C10H15F2N3/c1-7-3-9(15(2)14-7)6-13-8-4-10(11,12)5-8/h3,8,13H,4-6H2,1-2H3. The number of nitrogens with one attached hydrogen (secondary N) is 1. The molecule has 15 heavy (non-hydrogen) atoms. The van der Waals surface area contributed by atoms with Crippen LogP contribution < -0.4 is 5.32 Å². The van der Waals surface area contributed by atoms with Crippen molar-refractivity contribution in [2.75, 3.05) is 0 Å². The molecule has 0 atom stereocenters. The molecule has 1 aliphatic carbocycles. The number of hydrogen-bond donors (Lipinski definition) is 1. The Hall–Kier alpha value is -0.970. The minimum atomic E-state index is -2.44. The molecule has 0 bridgehead atoms. The van der Waals surface area contributed by atoms with Gasteiger partial charge in [-0.05, 0) is 13.0 Å². The average Bonchev–Trinajstić information content (AvgIpc) is 2.37. The molecule has 1 aromatic heterocycles. The second-order valence-corrected chi connectivity index (χ2v) is 4.24. The van der Waals surface area contributed by atoms with Gasteiger partial charge in [-0.3, -0.25) is 4.68 Å². The number of alkyl halides is 2. The van der Waals surface area contributed by atoms with Crippen molar-refractivity contribution in [3.63, 3.8) is 0 Å². The highest BCUT2D eigenvalue weighted by Gasteiger charge is 2.44. The van der Waals surface area contributed by atoms with Gasteiger partial charge >= 0.3 is 0 Å². The zero-order chi connectivity index (χ0) is 11.1. The molecule has 2 rings (SSSR count). The van der Waals surface area contributed by atoms with Crippen molar-refractivity contribution >= 4 is 0 Å². The largest absolute Gasteiger partial charge is 0.308 e. The Morgan fingerprint density at radius 2 is 2.27 bits per heavy atom. The summed E-state index contributed by atoms with van der Waals surface area (Å²) in [6.07, 6.45) is -0.0757. The van der Waals surface area contributed by atoms with Gasteiger partial charge in [-0.15, -0.1) is 0 Å². The number of hydrogen-bond acceptors (Lipinski definition) is 2. The highest BCUT2D eigenvalue weighted by molar-refractivity contribution is 5.08. The van der Waals surface area contributed by atoms with Crippen LogP contribution in [-0.2, 0) is 13.6 Å². The van der Waals surface area contributed by atoms with Gasteiger partial charge in [0.25, 0.3) is 5.92 Å². The summed E-state index contributed by atoms with van der Waals surface area (Å²) in [5, 5.41) is 7.29. The van der Waals surface area contributed by atoms with Crippen molar-refractivity contribution in [3.05, 3.63) is 17.5 Å². The van der Waals surface area contributed by atoms with Crippen LogP contribution in [0.2, 0.25) is 0 Å². The lowest BCUT2D eigenvalue weighted by molar-refractivity contribution is -0.0931. The third kappa shape index (κ3) is 2.34. The summed E-state index contributed by atoms with van der Waals surface area (Å²) in [5.41, 5.74) is 1.98. The summed E-state index contributed by atoms with van der Waals surface area (Å²) >= 11 is 0. The van der Waals surface area contributed by atoms with Gasteiger partial charge in [-0.2, -0.15) is 5.10 Å². The van der Waals surface area contributed by atoms with E-state index < -0.39 is 5.92 Å². The molecular formula is C10H15F2N3. The van der Waals surface area contributed by atoms with E-state index in [0.717, 1.165) is 11.4 Å². The van der Waals surface area contributed by atoms with Crippen LogP contribution in [0.5, 0.6) is 0 Å². The van der Waals surface area contributed by atoms with E-state index in [0.29, 0.717) is 6.54 Å². The quantitative estimate of drug-likeness (QED) is 0.830. The molecule has 0 spiro atoms. The molecule has 84 valence electrons. The van der Waals surface area contributed by atoms with E-state index in [2.05, 4.69) is 10.4 Å². The molecule has 1 aliphatic rings. The smallest absolute Gasteiger partial charge is 0.251 e. The van der Waals surface area contributed by atoms with E-state index in [1.165, 1.54) is 0 Å². The number of rotatable bonds is 3. The van der Waals surface area contributed by atoms with Crippen molar-refractivity contribution in [2.24, 2.45) is 7.05 Å². The number of nitrogens with zero attached hydrogens (tertiary/aromatic N) is 2. The third-order valence-corrected chi connectivity index (χ3v) is 2.76. The van der Waals surface area contributed by atoms with Crippen molar-refractivity contribution < 1.29 is 8.78 Å². The summed E-state index contributed by atoms with van der Waals surface area (Å²) in [6.45, 7) is 2.53. The van der Waals surface area contributed by atoms with Gasteiger partial charge in [0.2, 0.25) is 0 Å². The molecule has 1 fully saturated rings. The molecule has 1 N–H and O–H groups in total. The van der Waals surface area contributed by atoms with Gasteiger partial charge in [-0.25, -0.2) is 8.78 Å². The van der Waals surface area contributed by atoms with Gasteiger partial charge in [0, 0.05) is 32.5 Å². The summed E-state index contributed by atoms with van der Waals surface area (Å²) in [5.74, 6) is -2.44. The summed E-state index contributed by atoms with van der Waals surface area (Å²) in [7, 11) is 1.86. The molecule has 3 nitrogen and oxygen atoms in total. The molecule has 1 aromatic rings. The molecule has 0 amide bonds. The Bertz CT molecular complexity index is 352. The highest BCUT2D eigenvalue weighted by atomic mass is 19.3. The van der Waals surface area contributed by atoms with E-state index >= 15 is 0 Å². The van der Waals surface area contributed by atoms with Gasteiger partial charge < -0.3 is 5.32 Å². The summed E-state index contributed by atoms with van der Waals surface area (Å²) in [4.78, 5) is 0. The molecule has 0 unspecified atom stereocenters. The number of aryl methyl sites for hydroxylation is 2. The fourth-order valence-electron chi connectivity index (χ4n) is 1.88. The van der Waals surface area contributed by atoms with Crippen LogP contribution in [0.3, 0.4) is 0 Å². The monoisotopic (exact) mass is 215 g/mol. The van der Waals surface area contributed by atoms with E-state index in [1.807, 2.05) is 20.0 Å². The van der Waals surface area contributed by atoms with Crippen LogP contribution in [0, 0.1) is 6.92 Å². The van der Waals surface area contributed by atoms with Crippen molar-refractivity contribution in [1.82, 2.24) is 15.1 Å². The zero-order valence-electron chi connectivity index (χ0n) is 8.93. The minimum absolute atomic E-state index is 0.0379. The zero-order valence-corrected chi connectivity index (χ0v) is 8.93. The first kappa shape index (κ1) is 10.5. The first-order valence-electron chi connectivity index (χ1n) is 5.07. The predicted molar refractivity (Wildman–Crippen MR) is 52.8 cm³/mol. The predicted octanol–water partition coefficient (Wildman–Crippen LogP) is 1.62. The second-order valence-electron chi connectivity index (χ2n) is 4.24. The Morgan fingerprint density at radius 1 is 1.60 bits per heavy atom. The fraction of sp³-hybridized carbons (Fsp3) is 0.700. The molecule has 1 saturated carbocycles. The highest BCUT2D eigenvalue weighted by Crippen LogP contribution is 2.37. The first-order chi connectivity index (χ1) is 6.96. The van der Waals surface area contributed by atoms with Crippen LogP contribution in [0.4, 0.5) is 8.78 Å².